The largest absolute Gasteiger partial charge is 0.379 e. The van der Waals surface area contributed by atoms with Gasteiger partial charge in [0.15, 0.2) is 5.65 Å². The van der Waals surface area contributed by atoms with Gasteiger partial charge in [-0.3, -0.25) is 14.6 Å². The Bertz CT molecular complexity index is 1630. The van der Waals surface area contributed by atoms with E-state index < -0.39 is 11.6 Å². The summed E-state index contributed by atoms with van der Waals surface area (Å²) in [5.41, 5.74) is 5.31. The van der Waals surface area contributed by atoms with Crippen LogP contribution >= 0.6 is 0 Å². The lowest BCUT2D eigenvalue weighted by atomic mass is 9.98. The molecule has 1 aliphatic heterocycles. The zero-order valence-electron chi connectivity index (χ0n) is 21.6. The standard InChI is InChI=1S/C30H28F2N6O/c1-20-11-26-25(14-29(36-30(26)34-15-20)27-13-24(31)3-4-28(27)32)22-12-21(16-33-17-22)23-18-35-38(19-23)6-2-5-37-7-9-39-10-8-37/h3-4,11-19H,2,5-10H2,1H3. The number of morpholine rings is 1. The summed E-state index contributed by atoms with van der Waals surface area (Å²) in [6.07, 6.45) is 10.2. The van der Waals surface area contributed by atoms with Gasteiger partial charge in [0.05, 0.1) is 25.1 Å². The lowest BCUT2D eigenvalue weighted by molar-refractivity contribution is 0.0368. The van der Waals surface area contributed by atoms with E-state index in [0.717, 1.165) is 97.2 Å². The van der Waals surface area contributed by atoms with Gasteiger partial charge in [-0.1, -0.05) is 0 Å². The molecule has 9 heteroatoms. The van der Waals surface area contributed by atoms with Crippen LogP contribution in [0.25, 0.3) is 44.5 Å². The van der Waals surface area contributed by atoms with E-state index in [-0.39, 0.29) is 5.56 Å². The van der Waals surface area contributed by atoms with Crippen LogP contribution in [0.4, 0.5) is 8.78 Å². The van der Waals surface area contributed by atoms with Gasteiger partial charge in [0.1, 0.15) is 11.6 Å². The Morgan fingerprint density at radius 3 is 2.59 bits per heavy atom. The van der Waals surface area contributed by atoms with Crippen molar-refractivity contribution in [2.45, 2.75) is 19.9 Å². The molecule has 6 rings (SSSR count). The Balaban J connectivity index is 1.32. The number of aryl methyl sites for hydroxylation is 2. The summed E-state index contributed by atoms with van der Waals surface area (Å²) in [7, 11) is 0. The van der Waals surface area contributed by atoms with E-state index in [1.54, 1.807) is 24.7 Å². The number of fused-ring (bicyclic) bond motifs is 1. The van der Waals surface area contributed by atoms with Crippen molar-refractivity contribution in [1.29, 1.82) is 0 Å². The first-order valence-electron chi connectivity index (χ1n) is 13.0. The van der Waals surface area contributed by atoms with Crippen LogP contribution < -0.4 is 0 Å². The van der Waals surface area contributed by atoms with Crippen molar-refractivity contribution in [2.24, 2.45) is 0 Å². The predicted octanol–water partition coefficient (Wildman–Crippen LogP) is 5.53. The van der Waals surface area contributed by atoms with Crippen LogP contribution in [0.15, 0.2) is 67.4 Å². The highest BCUT2D eigenvalue weighted by Gasteiger charge is 2.16. The summed E-state index contributed by atoms with van der Waals surface area (Å²) in [6, 6.07) is 9.17. The maximum absolute atomic E-state index is 14.7. The van der Waals surface area contributed by atoms with E-state index in [2.05, 4.69) is 25.0 Å². The Labute approximate surface area is 225 Å². The molecule has 0 bridgehead atoms. The molecule has 39 heavy (non-hydrogen) atoms. The zero-order valence-corrected chi connectivity index (χ0v) is 21.6. The van der Waals surface area contributed by atoms with E-state index in [1.807, 2.05) is 36.1 Å². The number of hydrogen-bond donors (Lipinski definition) is 0. The summed E-state index contributed by atoms with van der Waals surface area (Å²) in [4.78, 5) is 16.0. The van der Waals surface area contributed by atoms with Crippen molar-refractivity contribution < 1.29 is 13.5 Å². The van der Waals surface area contributed by atoms with Gasteiger partial charge in [-0.2, -0.15) is 5.10 Å². The molecule has 0 aliphatic carbocycles. The highest BCUT2D eigenvalue weighted by atomic mass is 19.1. The second kappa shape index (κ2) is 11.0. The van der Waals surface area contributed by atoms with Gasteiger partial charge in [-0.25, -0.2) is 18.7 Å². The zero-order chi connectivity index (χ0) is 26.8. The fraction of sp³-hybridized carbons (Fsp3) is 0.267. The average Bonchev–Trinajstić information content (AvgIpc) is 3.43. The highest BCUT2D eigenvalue weighted by molar-refractivity contribution is 5.95. The van der Waals surface area contributed by atoms with Gasteiger partial charge in [0.2, 0.25) is 0 Å². The van der Waals surface area contributed by atoms with Crippen LogP contribution in [0.5, 0.6) is 0 Å². The fourth-order valence-corrected chi connectivity index (χ4v) is 4.94. The number of halogens is 2. The van der Waals surface area contributed by atoms with Crippen LogP contribution in [-0.2, 0) is 11.3 Å². The molecule has 0 atom stereocenters. The molecule has 0 radical (unpaired) electrons. The minimum atomic E-state index is -0.547. The molecule has 7 nitrogen and oxygen atoms in total. The second-order valence-electron chi connectivity index (χ2n) is 9.83. The molecule has 198 valence electrons. The van der Waals surface area contributed by atoms with Gasteiger partial charge >= 0.3 is 0 Å². The van der Waals surface area contributed by atoms with Crippen LogP contribution in [0.3, 0.4) is 0 Å². The summed E-state index contributed by atoms with van der Waals surface area (Å²) in [5.74, 6) is -1.08. The summed E-state index contributed by atoms with van der Waals surface area (Å²) in [5, 5.41) is 5.37. The summed E-state index contributed by atoms with van der Waals surface area (Å²) >= 11 is 0. The van der Waals surface area contributed by atoms with Gasteiger partial charge in [-0.15, -0.1) is 0 Å². The monoisotopic (exact) mass is 526 g/mol. The number of benzene rings is 1. The molecule has 5 aromatic rings. The molecule has 0 N–H and O–H groups in total. The molecule has 0 amide bonds. The smallest absolute Gasteiger partial charge is 0.160 e. The summed E-state index contributed by atoms with van der Waals surface area (Å²) < 4.78 is 36.1. The minimum Gasteiger partial charge on any atom is -0.379 e. The second-order valence-corrected chi connectivity index (χ2v) is 9.83. The third-order valence-electron chi connectivity index (χ3n) is 6.99. The predicted molar refractivity (Wildman–Crippen MR) is 146 cm³/mol. The third kappa shape index (κ3) is 5.55. The van der Waals surface area contributed by atoms with Gasteiger partial charge < -0.3 is 4.74 Å². The van der Waals surface area contributed by atoms with E-state index in [4.69, 9.17) is 4.74 Å². The number of rotatable bonds is 7. The maximum atomic E-state index is 14.7. The van der Waals surface area contributed by atoms with Crippen molar-refractivity contribution in [1.82, 2.24) is 29.6 Å². The van der Waals surface area contributed by atoms with E-state index in [0.29, 0.717) is 11.3 Å². The number of pyridine rings is 3. The molecular weight excluding hydrogens is 498 g/mol. The van der Waals surface area contributed by atoms with Crippen molar-refractivity contribution in [3.63, 3.8) is 0 Å². The fourth-order valence-electron chi connectivity index (χ4n) is 4.94. The molecular formula is C30H28F2N6O. The summed E-state index contributed by atoms with van der Waals surface area (Å²) in [6.45, 7) is 7.37. The Hall–Kier alpha value is -4.08. The normalized spacial score (nSPS) is 14.2. The number of hydrogen-bond acceptors (Lipinski definition) is 6. The van der Waals surface area contributed by atoms with Crippen molar-refractivity contribution in [2.75, 3.05) is 32.8 Å². The van der Waals surface area contributed by atoms with Crippen LogP contribution in [-0.4, -0.2) is 62.5 Å². The molecule has 0 unspecified atom stereocenters. The number of ether oxygens (including phenoxy) is 1. The van der Waals surface area contributed by atoms with Crippen molar-refractivity contribution >= 4 is 11.0 Å². The SMILES string of the molecule is Cc1cnc2nc(-c3cc(F)ccc3F)cc(-c3cncc(-c4cnn(CCCN5CCOCC5)c4)c3)c2c1. The van der Waals surface area contributed by atoms with Crippen LogP contribution in [0, 0.1) is 18.6 Å². The lowest BCUT2D eigenvalue weighted by Gasteiger charge is -2.26. The average molecular weight is 527 g/mol. The maximum Gasteiger partial charge on any atom is 0.160 e. The highest BCUT2D eigenvalue weighted by Crippen LogP contribution is 2.34. The molecule has 1 saturated heterocycles. The molecule has 1 aromatic carbocycles. The Kier molecular flexibility index (Phi) is 7.08. The molecule has 0 saturated carbocycles. The van der Waals surface area contributed by atoms with Gasteiger partial charge in [0, 0.05) is 78.6 Å². The van der Waals surface area contributed by atoms with Crippen LogP contribution in [0.1, 0.15) is 12.0 Å². The topological polar surface area (TPSA) is 69.0 Å². The van der Waals surface area contributed by atoms with E-state index in [9.17, 15) is 8.78 Å². The van der Waals surface area contributed by atoms with Crippen molar-refractivity contribution in [3.05, 3.63) is 84.6 Å². The lowest BCUT2D eigenvalue weighted by Crippen LogP contribution is -2.37. The molecule has 0 spiro atoms. The molecule has 4 aromatic heterocycles. The quantitative estimate of drug-likeness (QED) is 0.278. The third-order valence-corrected chi connectivity index (χ3v) is 6.99. The van der Waals surface area contributed by atoms with E-state index in [1.165, 1.54) is 0 Å². The molecule has 5 heterocycles. The van der Waals surface area contributed by atoms with Crippen LogP contribution in [0.2, 0.25) is 0 Å². The Morgan fingerprint density at radius 1 is 0.872 bits per heavy atom. The molecule has 1 fully saturated rings. The van der Waals surface area contributed by atoms with E-state index >= 15 is 0 Å². The van der Waals surface area contributed by atoms with Crippen molar-refractivity contribution in [3.8, 4) is 33.5 Å². The number of aromatic nitrogens is 5. The number of nitrogens with zero attached hydrogens (tertiary/aromatic N) is 6. The first-order valence-corrected chi connectivity index (χ1v) is 13.0. The first-order chi connectivity index (χ1) is 19.0. The first kappa shape index (κ1) is 25.2. The molecule has 1 aliphatic rings. The minimum absolute atomic E-state index is 0.0861. The Morgan fingerprint density at radius 2 is 1.72 bits per heavy atom. The van der Waals surface area contributed by atoms with Gasteiger partial charge in [0.25, 0.3) is 0 Å². The van der Waals surface area contributed by atoms with Gasteiger partial charge in [-0.05, 0) is 60.9 Å².